The zero-order chi connectivity index (χ0) is 32.8. The summed E-state index contributed by atoms with van der Waals surface area (Å²) < 4.78 is 63.7. The largest absolute Gasteiger partial charge is 0.741 e. The number of aromatic nitrogens is 2. The van der Waals surface area contributed by atoms with Gasteiger partial charge in [0.25, 0.3) is 0 Å². The van der Waals surface area contributed by atoms with E-state index in [1.807, 2.05) is 0 Å². The van der Waals surface area contributed by atoms with Gasteiger partial charge in [-0.05, 0) is 66.0 Å². The number of fused-ring (bicyclic) bond motifs is 6. The molecule has 232 valence electrons. The van der Waals surface area contributed by atoms with Crippen LogP contribution in [0.15, 0.2) is 152 Å². The Labute approximate surface area is 268 Å². The summed E-state index contributed by atoms with van der Waals surface area (Å²) in [7, 11) is -6.09. The van der Waals surface area contributed by atoms with Gasteiger partial charge in [-0.25, -0.2) is 8.42 Å². The highest BCUT2D eigenvalue weighted by Crippen LogP contribution is 2.33. The van der Waals surface area contributed by atoms with E-state index in [-0.39, 0.29) is 0 Å². The molecule has 0 atom stereocenters. The third kappa shape index (κ3) is 5.49. The Morgan fingerprint density at radius 3 is 1.66 bits per heavy atom. The van der Waals surface area contributed by atoms with E-state index in [0.717, 1.165) is 5.69 Å². The van der Waals surface area contributed by atoms with Crippen molar-refractivity contribution >= 4 is 48.2 Å². The molecule has 0 radical (unpaired) electrons. The summed E-state index contributed by atoms with van der Waals surface area (Å²) in [6.45, 7) is 0. The minimum atomic E-state index is -6.09. The number of halogens is 3. The molecule has 47 heavy (non-hydrogen) atoms. The second-order valence-electron chi connectivity index (χ2n) is 10.9. The minimum Gasteiger partial charge on any atom is -0.741 e. The molecule has 5 nitrogen and oxygen atoms in total. The molecule has 0 aliphatic carbocycles. The number of hydrogen-bond acceptors (Lipinski definition) is 3. The zero-order valence-electron chi connectivity index (χ0n) is 24.6. The molecule has 9 heteroatoms. The molecule has 8 rings (SSSR count). The molecular formula is C38H25F3N2O3S. The van der Waals surface area contributed by atoms with Gasteiger partial charge < -0.3 is 9.12 Å². The second-order valence-corrected chi connectivity index (χ2v) is 12.3. The third-order valence-electron chi connectivity index (χ3n) is 8.11. The summed E-state index contributed by atoms with van der Waals surface area (Å²) in [5, 5.41) is 5.05. The molecule has 0 saturated carbocycles. The average molecular weight is 647 g/mol. The minimum absolute atomic E-state index is 1.16. The highest BCUT2D eigenvalue weighted by atomic mass is 32.2. The van der Waals surface area contributed by atoms with E-state index in [1.54, 1.807) is 0 Å². The van der Waals surface area contributed by atoms with Crippen molar-refractivity contribution in [2.45, 2.75) is 5.51 Å². The van der Waals surface area contributed by atoms with Crippen molar-refractivity contribution < 1.29 is 30.5 Å². The smallest absolute Gasteiger partial charge is 0.485 e. The first-order chi connectivity index (χ1) is 22.6. The monoisotopic (exact) mass is 646 g/mol. The van der Waals surface area contributed by atoms with E-state index in [0.29, 0.717) is 0 Å². The lowest BCUT2D eigenvalue weighted by molar-refractivity contribution is -0.485. The molecular weight excluding hydrogens is 621 g/mol. The van der Waals surface area contributed by atoms with Crippen molar-refractivity contribution in [2.24, 2.45) is 0 Å². The molecule has 3 heterocycles. The van der Waals surface area contributed by atoms with Crippen LogP contribution in [0.4, 0.5) is 13.2 Å². The third-order valence-corrected chi connectivity index (χ3v) is 8.68. The van der Waals surface area contributed by atoms with Crippen molar-refractivity contribution in [1.82, 2.24) is 4.57 Å². The Morgan fingerprint density at radius 2 is 1.06 bits per heavy atom. The predicted octanol–water partition coefficient (Wildman–Crippen LogP) is 9.06. The number of alkyl halides is 3. The predicted molar refractivity (Wildman–Crippen MR) is 178 cm³/mol. The Bertz CT molecular complexity index is 2470. The highest BCUT2D eigenvalue weighted by molar-refractivity contribution is 7.86. The fourth-order valence-electron chi connectivity index (χ4n) is 6.08. The second kappa shape index (κ2) is 11.7. The summed E-state index contributed by atoms with van der Waals surface area (Å²) >= 11 is 0. The Hall–Kier alpha value is -5.51. The fraction of sp³-hybridized carbons (Fsp3) is 0.0263. The zero-order valence-corrected chi connectivity index (χ0v) is 25.4. The van der Waals surface area contributed by atoms with E-state index in [1.165, 1.54) is 60.6 Å². The number of hydrogen-bond donors (Lipinski definition) is 0. The lowest BCUT2D eigenvalue weighted by atomic mass is 10.0. The number of para-hydroxylation sites is 2. The molecule has 0 unspecified atom stereocenters. The molecule has 0 amide bonds. The van der Waals surface area contributed by atoms with Crippen LogP contribution >= 0.6 is 0 Å². The lowest BCUT2D eigenvalue weighted by Gasteiger charge is -2.10. The first-order valence-corrected chi connectivity index (χ1v) is 16.1. The summed E-state index contributed by atoms with van der Waals surface area (Å²) in [5.41, 5.74) is 3.92. The summed E-state index contributed by atoms with van der Waals surface area (Å²) in [5.74, 6) is 0. The van der Waals surface area contributed by atoms with Gasteiger partial charge in [0.1, 0.15) is 0 Å². The van der Waals surface area contributed by atoms with Crippen molar-refractivity contribution in [3.05, 3.63) is 152 Å². The van der Waals surface area contributed by atoms with E-state index in [9.17, 15) is 13.2 Å². The summed E-state index contributed by atoms with van der Waals surface area (Å²) in [6.07, 6.45) is 0. The van der Waals surface area contributed by atoms with Gasteiger partial charge in [0.15, 0.2) is 10.1 Å². The van der Waals surface area contributed by atoms with Crippen molar-refractivity contribution in [2.75, 3.05) is 0 Å². The summed E-state index contributed by atoms with van der Waals surface area (Å²) in [6, 6.07) is 54.6. The van der Waals surface area contributed by atoms with Crippen molar-refractivity contribution in [3.8, 4) is 28.2 Å². The summed E-state index contributed by atoms with van der Waals surface area (Å²) in [4.78, 5) is 0. The van der Waals surface area contributed by atoms with Crippen LogP contribution in [-0.4, -0.2) is 23.0 Å². The van der Waals surface area contributed by atoms with Gasteiger partial charge in [-0.1, -0.05) is 72.8 Å². The molecule has 0 N–H and O–H groups in total. The van der Waals surface area contributed by atoms with E-state index < -0.39 is 15.6 Å². The van der Waals surface area contributed by atoms with Crippen molar-refractivity contribution in [1.29, 1.82) is 0 Å². The number of benzene rings is 5. The first-order valence-electron chi connectivity index (χ1n) is 14.6. The molecule has 3 aromatic heterocycles. The molecule has 0 fully saturated rings. The molecule has 8 aromatic rings. The van der Waals surface area contributed by atoms with Gasteiger partial charge in [0.05, 0.1) is 16.4 Å². The molecule has 0 aliphatic rings. The molecule has 0 spiro atoms. The van der Waals surface area contributed by atoms with Gasteiger partial charge in [0.2, 0.25) is 16.9 Å². The maximum Gasteiger partial charge on any atom is 0.485 e. The number of nitrogens with zero attached hydrogens (tertiary/aromatic N) is 2. The van der Waals surface area contributed by atoms with E-state index in [4.69, 9.17) is 13.0 Å². The van der Waals surface area contributed by atoms with Crippen LogP contribution in [0, 0.1) is 0 Å². The lowest BCUT2D eigenvalue weighted by Crippen LogP contribution is -2.28. The average Bonchev–Trinajstić information content (AvgIpc) is 3.42. The maximum absolute atomic E-state index is 10.7. The van der Waals surface area contributed by atoms with Crippen LogP contribution in [0.5, 0.6) is 0 Å². The van der Waals surface area contributed by atoms with Crippen LogP contribution in [0.1, 0.15) is 0 Å². The number of pyridine rings is 2. The maximum atomic E-state index is 10.7. The van der Waals surface area contributed by atoms with Crippen LogP contribution in [0.2, 0.25) is 0 Å². The normalized spacial score (nSPS) is 12.0. The fourth-order valence-corrected chi connectivity index (χ4v) is 6.08. The van der Waals surface area contributed by atoms with Crippen LogP contribution in [0.3, 0.4) is 0 Å². The van der Waals surface area contributed by atoms with Gasteiger partial charge in [0, 0.05) is 45.8 Å². The highest BCUT2D eigenvalue weighted by Gasteiger charge is 2.37. The van der Waals surface area contributed by atoms with Crippen LogP contribution in [-0.2, 0) is 10.1 Å². The van der Waals surface area contributed by atoms with Gasteiger partial charge >= 0.3 is 5.51 Å². The Morgan fingerprint density at radius 1 is 0.553 bits per heavy atom. The standard InChI is InChI=1S/C37H25N2.CHF3O3S/c1-2-11-26(12-3-1)37-25-28-13-4-5-14-30(28)34-20-10-19-33(39(34)37)27-21-23-29(24-22-27)38-35-17-8-6-15-31(35)32-16-7-9-18-36(32)38;2-1(3,4)8(5,6)7/h1-25H;(H,5,6,7)/q+1;/p-1. The van der Waals surface area contributed by atoms with Crippen LogP contribution < -0.4 is 4.40 Å². The van der Waals surface area contributed by atoms with Gasteiger partial charge in [-0.2, -0.15) is 17.6 Å². The quantitative estimate of drug-likeness (QED) is 0.0833. The Balaban J connectivity index is 0.000000393. The molecule has 0 saturated heterocycles. The van der Waals surface area contributed by atoms with E-state index in [2.05, 4.69) is 161 Å². The van der Waals surface area contributed by atoms with Gasteiger partial charge in [-0.3, -0.25) is 0 Å². The SMILES string of the molecule is O=S(=O)([O-])C(F)(F)F.c1ccc(-c2cc3ccccc3c3cccc(-c4ccc(-n5c6ccccc6c6ccccc65)cc4)[n+]23)cc1. The first kappa shape index (κ1) is 30.2. The van der Waals surface area contributed by atoms with Crippen molar-refractivity contribution in [3.63, 3.8) is 0 Å². The topological polar surface area (TPSA) is 66.2 Å². The van der Waals surface area contributed by atoms with Gasteiger partial charge in [-0.15, -0.1) is 0 Å². The van der Waals surface area contributed by atoms with Crippen LogP contribution in [0.25, 0.3) is 66.3 Å². The molecule has 0 bridgehead atoms. The van der Waals surface area contributed by atoms with E-state index >= 15 is 0 Å². The number of rotatable bonds is 3. The molecule has 5 aromatic carbocycles. The molecule has 0 aliphatic heterocycles. The Kier molecular flexibility index (Phi) is 7.50.